The number of ether oxygens (including phenoxy) is 1. The largest absolute Gasteiger partial charge is 0.422 e. The van der Waals surface area contributed by atoms with Gasteiger partial charge >= 0.3 is 5.97 Å². The van der Waals surface area contributed by atoms with Crippen LogP contribution in [0.3, 0.4) is 0 Å². The minimum absolute atomic E-state index is 0.000185. The lowest BCUT2D eigenvalue weighted by Crippen LogP contribution is -2.25. The van der Waals surface area contributed by atoms with E-state index in [9.17, 15) is 9.59 Å². The summed E-state index contributed by atoms with van der Waals surface area (Å²) in [4.78, 5) is 25.6. The zero-order chi connectivity index (χ0) is 20.4. The molecule has 1 heterocycles. The standard InChI is InChI=1S/C26H13ClO3/c27-18-9-11-22-20(13-18)25(28)21(26(29)30-22)12-17-7-6-16-5-4-14-2-1-3-15-8-10-19(17)24(16)23(14)15/h1-13H/b21-12-. The predicted octanol–water partition coefficient (Wildman–Crippen LogP) is 6.42. The van der Waals surface area contributed by atoms with E-state index in [1.165, 1.54) is 11.5 Å². The van der Waals surface area contributed by atoms with Gasteiger partial charge in [0.1, 0.15) is 11.3 Å². The third-order valence-electron chi connectivity index (χ3n) is 5.72. The topological polar surface area (TPSA) is 43.4 Å². The van der Waals surface area contributed by atoms with Crippen molar-refractivity contribution in [2.45, 2.75) is 0 Å². The van der Waals surface area contributed by atoms with Gasteiger partial charge in [0.05, 0.1) is 5.56 Å². The Bertz CT molecular complexity index is 1550. The van der Waals surface area contributed by atoms with Crippen LogP contribution in [0.2, 0.25) is 5.02 Å². The van der Waals surface area contributed by atoms with Crippen LogP contribution >= 0.6 is 11.6 Å². The Hall–Kier alpha value is -3.69. The van der Waals surface area contributed by atoms with Gasteiger partial charge in [-0.05, 0) is 62.2 Å². The number of hydrogen-bond donors (Lipinski definition) is 0. The van der Waals surface area contributed by atoms with Gasteiger partial charge in [-0.1, -0.05) is 66.2 Å². The summed E-state index contributed by atoms with van der Waals surface area (Å²) in [6.07, 6.45) is 1.63. The second kappa shape index (κ2) is 6.15. The molecule has 0 unspecified atom stereocenters. The van der Waals surface area contributed by atoms with Gasteiger partial charge in [0.15, 0.2) is 0 Å². The number of halogens is 1. The predicted molar refractivity (Wildman–Crippen MR) is 120 cm³/mol. The number of rotatable bonds is 1. The van der Waals surface area contributed by atoms with Gasteiger partial charge < -0.3 is 4.74 Å². The van der Waals surface area contributed by atoms with Gasteiger partial charge in [0.2, 0.25) is 5.78 Å². The van der Waals surface area contributed by atoms with Gasteiger partial charge in [0, 0.05) is 5.02 Å². The molecule has 0 fully saturated rings. The van der Waals surface area contributed by atoms with Crippen molar-refractivity contribution in [1.29, 1.82) is 0 Å². The first kappa shape index (κ1) is 17.2. The summed E-state index contributed by atoms with van der Waals surface area (Å²) in [6.45, 7) is 0. The minimum Gasteiger partial charge on any atom is -0.422 e. The summed E-state index contributed by atoms with van der Waals surface area (Å²) in [6, 6.07) is 23.2. The fourth-order valence-electron chi connectivity index (χ4n) is 4.32. The molecule has 0 saturated heterocycles. The summed E-state index contributed by atoms with van der Waals surface area (Å²) in [7, 11) is 0. The summed E-state index contributed by atoms with van der Waals surface area (Å²) in [5, 5.41) is 7.15. The number of Topliss-reactive ketones (excluding diaryl/α,β-unsaturated/α-hetero) is 1. The molecule has 5 aromatic rings. The maximum atomic E-state index is 13.0. The Morgan fingerprint density at radius 1 is 0.767 bits per heavy atom. The molecule has 0 saturated carbocycles. The molecule has 0 atom stereocenters. The number of benzene rings is 5. The van der Waals surface area contributed by atoms with Crippen molar-refractivity contribution in [3.05, 3.63) is 94.5 Å². The SMILES string of the molecule is O=C1Oc2ccc(Cl)cc2C(=O)/C1=C/c1ccc2ccc3cccc4ccc1c2c34. The van der Waals surface area contributed by atoms with Crippen LogP contribution in [0.5, 0.6) is 5.75 Å². The highest BCUT2D eigenvalue weighted by atomic mass is 35.5. The first-order valence-electron chi connectivity index (χ1n) is 9.55. The fourth-order valence-corrected chi connectivity index (χ4v) is 4.50. The Labute approximate surface area is 176 Å². The minimum atomic E-state index is -0.652. The van der Waals surface area contributed by atoms with Crippen LogP contribution in [0.25, 0.3) is 38.4 Å². The highest BCUT2D eigenvalue weighted by Gasteiger charge is 2.31. The number of esters is 1. The first-order chi connectivity index (χ1) is 14.6. The smallest absolute Gasteiger partial charge is 0.347 e. The van der Waals surface area contributed by atoms with E-state index < -0.39 is 5.97 Å². The van der Waals surface area contributed by atoms with E-state index in [2.05, 4.69) is 30.3 Å². The van der Waals surface area contributed by atoms with E-state index in [1.807, 2.05) is 24.3 Å². The van der Waals surface area contributed by atoms with Crippen LogP contribution in [0.4, 0.5) is 0 Å². The summed E-state index contributed by atoms with van der Waals surface area (Å²) >= 11 is 6.04. The Kier molecular flexibility index (Phi) is 3.53. The van der Waals surface area contributed by atoms with Crippen molar-refractivity contribution in [2.75, 3.05) is 0 Å². The van der Waals surface area contributed by atoms with Crippen LogP contribution < -0.4 is 4.74 Å². The molecule has 0 bridgehead atoms. The molecule has 1 aliphatic heterocycles. The summed E-state index contributed by atoms with van der Waals surface area (Å²) in [5.74, 6) is -0.795. The second-order valence-electron chi connectivity index (χ2n) is 7.43. The molecule has 1 aliphatic rings. The van der Waals surface area contributed by atoms with E-state index in [0.29, 0.717) is 10.6 Å². The Morgan fingerprint density at radius 3 is 2.27 bits per heavy atom. The van der Waals surface area contributed by atoms with Crippen molar-refractivity contribution < 1.29 is 14.3 Å². The molecular formula is C26H13ClO3. The molecule has 6 rings (SSSR count). The molecule has 3 nitrogen and oxygen atoms in total. The highest BCUT2D eigenvalue weighted by molar-refractivity contribution is 6.34. The number of fused-ring (bicyclic) bond motifs is 1. The van der Waals surface area contributed by atoms with Crippen LogP contribution in [-0.4, -0.2) is 11.8 Å². The number of carbonyl (C=O) groups is 2. The van der Waals surface area contributed by atoms with Crippen LogP contribution in [0.1, 0.15) is 15.9 Å². The van der Waals surface area contributed by atoms with Crippen molar-refractivity contribution in [3.8, 4) is 5.75 Å². The number of hydrogen-bond acceptors (Lipinski definition) is 3. The van der Waals surface area contributed by atoms with E-state index in [4.69, 9.17) is 16.3 Å². The van der Waals surface area contributed by atoms with Gasteiger partial charge in [-0.25, -0.2) is 4.79 Å². The molecule has 0 radical (unpaired) electrons. The molecule has 0 amide bonds. The van der Waals surface area contributed by atoms with Gasteiger partial charge in [-0.15, -0.1) is 0 Å². The molecule has 4 heteroatoms. The van der Waals surface area contributed by atoms with Crippen molar-refractivity contribution in [1.82, 2.24) is 0 Å². The average molecular weight is 409 g/mol. The number of carbonyl (C=O) groups excluding carboxylic acids is 2. The maximum absolute atomic E-state index is 13.0. The molecule has 5 aromatic carbocycles. The van der Waals surface area contributed by atoms with Gasteiger partial charge in [0.25, 0.3) is 0 Å². The van der Waals surface area contributed by atoms with Crippen molar-refractivity contribution >= 4 is 61.7 Å². The normalized spacial score (nSPS) is 15.3. The third-order valence-corrected chi connectivity index (χ3v) is 5.95. The zero-order valence-corrected chi connectivity index (χ0v) is 16.4. The summed E-state index contributed by atoms with van der Waals surface area (Å²) in [5.41, 5.74) is 1.09. The zero-order valence-electron chi connectivity index (χ0n) is 15.6. The molecule has 142 valence electrons. The maximum Gasteiger partial charge on any atom is 0.347 e. The molecular weight excluding hydrogens is 396 g/mol. The van der Waals surface area contributed by atoms with Crippen molar-refractivity contribution in [3.63, 3.8) is 0 Å². The Morgan fingerprint density at radius 2 is 1.47 bits per heavy atom. The molecule has 0 spiro atoms. The molecule has 0 aromatic heterocycles. The van der Waals surface area contributed by atoms with Crippen LogP contribution in [0.15, 0.2) is 78.4 Å². The van der Waals surface area contributed by atoms with E-state index >= 15 is 0 Å². The van der Waals surface area contributed by atoms with Crippen molar-refractivity contribution in [2.24, 2.45) is 0 Å². The molecule has 30 heavy (non-hydrogen) atoms. The van der Waals surface area contributed by atoms with E-state index in [-0.39, 0.29) is 17.1 Å². The van der Waals surface area contributed by atoms with Crippen LogP contribution in [-0.2, 0) is 4.79 Å². The lowest BCUT2D eigenvalue weighted by atomic mass is 9.90. The highest BCUT2D eigenvalue weighted by Crippen LogP contribution is 2.37. The fraction of sp³-hybridized carbons (Fsp3) is 0. The Balaban J connectivity index is 1.61. The third kappa shape index (κ3) is 2.39. The monoisotopic (exact) mass is 408 g/mol. The first-order valence-corrected chi connectivity index (χ1v) is 9.92. The van der Waals surface area contributed by atoms with Gasteiger partial charge in [-0.3, -0.25) is 4.79 Å². The summed E-state index contributed by atoms with van der Waals surface area (Å²) < 4.78 is 5.38. The van der Waals surface area contributed by atoms with Crippen LogP contribution in [0, 0.1) is 0 Å². The van der Waals surface area contributed by atoms with Gasteiger partial charge in [-0.2, -0.15) is 0 Å². The lowest BCUT2D eigenvalue weighted by Gasteiger charge is -2.17. The lowest BCUT2D eigenvalue weighted by molar-refractivity contribution is -0.130. The molecule has 0 aliphatic carbocycles. The molecule has 0 N–H and O–H groups in total. The van der Waals surface area contributed by atoms with E-state index in [0.717, 1.165) is 32.5 Å². The quantitative estimate of drug-likeness (QED) is 0.106. The van der Waals surface area contributed by atoms with E-state index in [1.54, 1.807) is 18.2 Å². The second-order valence-corrected chi connectivity index (χ2v) is 7.86. The number of ketones is 1. The average Bonchev–Trinajstić information content (AvgIpc) is 2.76.